The average Bonchev–Trinajstić information content (AvgIpc) is 2.32. The molecule has 0 spiro atoms. The van der Waals surface area contributed by atoms with Crippen LogP contribution in [0.5, 0.6) is 0 Å². The van der Waals surface area contributed by atoms with E-state index in [1.165, 1.54) is 4.31 Å². The van der Waals surface area contributed by atoms with E-state index in [0.29, 0.717) is 38.3 Å². The second-order valence-corrected chi connectivity index (χ2v) is 8.15. The highest BCUT2D eigenvalue weighted by molar-refractivity contribution is 7.87. The Labute approximate surface area is 130 Å². The fraction of sp³-hybridized carbons (Fsp3) is 1.00. The molecule has 0 unspecified atom stereocenters. The standard InChI is InChI=1S/C14H31N3O3S/c1-11(2)17(12(3)4)8-7-15-21(18,19)16-9-13(5)20-14(6)10-16/h11-15H,7-10H2,1-6H3/t13-,14+. The zero-order valence-electron chi connectivity index (χ0n) is 14.2. The van der Waals surface area contributed by atoms with E-state index in [2.05, 4.69) is 37.3 Å². The summed E-state index contributed by atoms with van der Waals surface area (Å²) in [6.45, 7) is 14.3. The first kappa shape index (κ1) is 18.8. The van der Waals surface area contributed by atoms with Crippen molar-refractivity contribution in [3.8, 4) is 0 Å². The molecule has 0 radical (unpaired) electrons. The summed E-state index contributed by atoms with van der Waals surface area (Å²) in [6, 6.07) is 0.802. The molecule has 1 heterocycles. The highest BCUT2D eigenvalue weighted by atomic mass is 32.2. The molecule has 1 saturated heterocycles. The maximum absolute atomic E-state index is 12.3. The summed E-state index contributed by atoms with van der Waals surface area (Å²) in [6.07, 6.45) is -0.124. The Morgan fingerprint density at radius 1 is 1.14 bits per heavy atom. The molecule has 1 fully saturated rings. The van der Waals surface area contributed by atoms with E-state index in [4.69, 9.17) is 4.74 Å². The molecule has 1 rings (SSSR count). The first-order valence-electron chi connectivity index (χ1n) is 7.79. The summed E-state index contributed by atoms with van der Waals surface area (Å²) >= 11 is 0. The normalized spacial score (nSPS) is 25.2. The van der Waals surface area contributed by atoms with E-state index < -0.39 is 10.2 Å². The summed E-state index contributed by atoms with van der Waals surface area (Å²) in [4.78, 5) is 2.27. The maximum Gasteiger partial charge on any atom is 0.279 e. The Morgan fingerprint density at radius 2 is 1.62 bits per heavy atom. The van der Waals surface area contributed by atoms with E-state index in [1.54, 1.807) is 0 Å². The number of nitrogens with one attached hydrogen (secondary N) is 1. The second-order valence-electron chi connectivity index (χ2n) is 6.40. The van der Waals surface area contributed by atoms with Crippen LogP contribution in [-0.4, -0.2) is 68.1 Å². The number of rotatable bonds is 7. The van der Waals surface area contributed by atoms with E-state index in [-0.39, 0.29) is 12.2 Å². The Balaban J connectivity index is 2.53. The van der Waals surface area contributed by atoms with E-state index in [9.17, 15) is 8.42 Å². The number of morpholine rings is 1. The zero-order chi connectivity index (χ0) is 16.2. The molecule has 0 saturated carbocycles. The van der Waals surface area contributed by atoms with Gasteiger partial charge in [0.2, 0.25) is 0 Å². The van der Waals surface area contributed by atoms with Gasteiger partial charge in [-0.05, 0) is 41.5 Å². The summed E-state index contributed by atoms with van der Waals surface area (Å²) in [5.74, 6) is 0. The van der Waals surface area contributed by atoms with Crippen molar-refractivity contribution in [2.45, 2.75) is 65.8 Å². The number of hydrogen-bond acceptors (Lipinski definition) is 4. The van der Waals surface area contributed by atoms with Crippen LogP contribution in [0.3, 0.4) is 0 Å². The van der Waals surface area contributed by atoms with E-state index in [0.717, 1.165) is 0 Å². The fourth-order valence-electron chi connectivity index (χ4n) is 2.83. The van der Waals surface area contributed by atoms with Crippen LogP contribution in [0.15, 0.2) is 0 Å². The van der Waals surface area contributed by atoms with Gasteiger partial charge in [0.1, 0.15) is 0 Å². The van der Waals surface area contributed by atoms with Crippen molar-refractivity contribution in [2.75, 3.05) is 26.2 Å². The van der Waals surface area contributed by atoms with Crippen LogP contribution >= 0.6 is 0 Å². The Bertz CT molecular complexity index is 394. The van der Waals surface area contributed by atoms with Crippen LogP contribution in [0.25, 0.3) is 0 Å². The van der Waals surface area contributed by atoms with Gasteiger partial charge in [-0.15, -0.1) is 0 Å². The summed E-state index contributed by atoms with van der Waals surface area (Å²) in [5, 5.41) is 0. The highest BCUT2D eigenvalue weighted by Gasteiger charge is 2.30. The first-order valence-corrected chi connectivity index (χ1v) is 9.23. The van der Waals surface area contributed by atoms with Gasteiger partial charge < -0.3 is 4.74 Å². The monoisotopic (exact) mass is 321 g/mol. The van der Waals surface area contributed by atoms with Crippen molar-refractivity contribution >= 4 is 10.2 Å². The van der Waals surface area contributed by atoms with Gasteiger partial charge in [0.05, 0.1) is 12.2 Å². The summed E-state index contributed by atoms with van der Waals surface area (Å²) < 4.78 is 34.5. The van der Waals surface area contributed by atoms with Crippen molar-refractivity contribution < 1.29 is 13.2 Å². The second kappa shape index (κ2) is 7.87. The first-order chi connectivity index (χ1) is 9.63. The van der Waals surface area contributed by atoms with Gasteiger partial charge in [-0.2, -0.15) is 12.7 Å². The smallest absolute Gasteiger partial charge is 0.279 e. The molecule has 0 aromatic rings. The maximum atomic E-state index is 12.3. The largest absolute Gasteiger partial charge is 0.373 e. The molecule has 126 valence electrons. The number of hydrogen-bond donors (Lipinski definition) is 1. The van der Waals surface area contributed by atoms with Crippen LogP contribution < -0.4 is 4.72 Å². The van der Waals surface area contributed by atoms with Gasteiger partial charge in [0.25, 0.3) is 10.2 Å². The van der Waals surface area contributed by atoms with Crippen LogP contribution in [0, 0.1) is 0 Å². The lowest BCUT2D eigenvalue weighted by Gasteiger charge is -2.35. The van der Waals surface area contributed by atoms with Gasteiger partial charge in [-0.3, -0.25) is 4.90 Å². The fourth-order valence-corrected chi connectivity index (χ4v) is 4.18. The van der Waals surface area contributed by atoms with Crippen molar-refractivity contribution in [1.29, 1.82) is 0 Å². The molecule has 0 bridgehead atoms. The van der Waals surface area contributed by atoms with Gasteiger partial charge in [0.15, 0.2) is 0 Å². The van der Waals surface area contributed by atoms with Crippen molar-refractivity contribution in [3.63, 3.8) is 0 Å². The highest BCUT2D eigenvalue weighted by Crippen LogP contribution is 2.13. The third-order valence-electron chi connectivity index (χ3n) is 3.71. The van der Waals surface area contributed by atoms with Crippen molar-refractivity contribution in [3.05, 3.63) is 0 Å². The topological polar surface area (TPSA) is 61.9 Å². The van der Waals surface area contributed by atoms with Crippen LogP contribution in [-0.2, 0) is 14.9 Å². The Hall–Kier alpha value is -0.210. The molecular weight excluding hydrogens is 290 g/mol. The molecule has 1 N–H and O–H groups in total. The van der Waals surface area contributed by atoms with Gasteiger partial charge in [-0.1, -0.05) is 0 Å². The minimum Gasteiger partial charge on any atom is -0.373 e. The lowest BCUT2D eigenvalue weighted by Crippen LogP contribution is -2.53. The predicted molar refractivity (Wildman–Crippen MR) is 85.5 cm³/mol. The Kier molecular flexibility index (Phi) is 7.06. The molecule has 1 aliphatic heterocycles. The van der Waals surface area contributed by atoms with E-state index >= 15 is 0 Å². The molecule has 0 aromatic heterocycles. The molecule has 6 nitrogen and oxygen atoms in total. The van der Waals surface area contributed by atoms with E-state index in [1.807, 2.05) is 13.8 Å². The number of nitrogens with zero attached hydrogens (tertiary/aromatic N) is 2. The SMILES string of the molecule is CC(C)N(CCNS(=O)(=O)N1C[C@@H](C)O[C@@H](C)C1)C(C)C. The van der Waals surface area contributed by atoms with Gasteiger partial charge in [-0.25, -0.2) is 4.72 Å². The third kappa shape index (κ3) is 5.83. The molecular formula is C14H31N3O3S. The minimum absolute atomic E-state index is 0.0619. The molecule has 0 aromatic carbocycles. The lowest BCUT2D eigenvalue weighted by atomic mass is 10.2. The summed E-state index contributed by atoms with van der Waals surface area (Å²) in [5.41, 5.74) is 0. The van der Waals surface area contributed by atoms with Gasteiger partial charge in [0, 0.05) is 38.3 Å². The minimum atomic E-state index is -3.42. The zero-order valence-corrected chi connectivity index (χ0v) is 15.0. The van der Waals surface area contributed by atoms with Gasteiger partial charge >= 0.3 is 0 Å². The van der Waals surface area contributed by atoms with Crippen LogP contribution in [0.2, 0.25) is 0 Å². The molecule has 1 aliphatic rings. The Morgan fingerprint density at radius 3 is 2.05 bits per heavy atom. The summed E-state index contributed by atoms with van der Waals surface area (Å²) in [7, 11) is -3.42. The molecule has 0 amide bonds. The third-order valence-corrected chi connectivity index (χ3v) is 5.25. The van der Waals surface area contributed by atoms with Crippen LogP contribution in [0.1, 0.15) is 41.5 Å². The lowest BCUT2D eigenvalue weighted by molar-refractivity contribution is -0.0444. The molecule has 7 heteroatoms. The van der Waals surface area contributed by atoms with Crippen molar-refractivity contribution in [1.82, 2.24) is 13.9 Å². The average molecular weight is 321 g/mol. The van der Waals surface area contributed by atoms with Crippen molar-refractivity contribution in [2.24, 2.45) is 0 Å². The quantitative estimate of drug-likeness (QED) is 0.761. The van der Waals surface area contributed by atoms with Crippen LogP contribution in [0.4, 0.5) is 0 Å². The predicted octanol–water partition coefficient (Wildman–Crippen LogP) is 1.05. The molecule has 2 atom stereocenters. The molecule has 21 heavy (non-hydrogen) atoms. The molecule has 0 aliphatic carbocycles. The number of ether oxygens (including phenoxy) is 1.